The molecule has 3 N–H and O–H groups in total. The molecule has 0 aliphatic rings. The second-order valence-electron chi connectivity index (χ2n) is 6.74. The highest BCUT2D eigenvalue weighted by atomic mass is 127. The summed E-state index contributed by atoms with van der Waals surface area (Å²) in [7, 11) is 0. The number of halogens is 3. The number of carbonyl (C=O) groups excluding carboxylic acids is 1. The summed E-state index contributed by atoms with van der Waals surface area (Å²) in [5.41, 5.74) is 3.74. The van der Waals surface area contributed by atoms with Gasteiger partial charge in [-0.3, -0.25) is 9.63 Å². The molecule has 0 aromatic heterocycles. The zero-order valence-corrected chi connectivity index (χ0v) is 18.9. The Hall–Kier alpha value is -1.23. The molecule has 1 amide bonds. The first-order valence-corrected chi connectivity index (χ1v) is 10.1. The molecule has 0 unspecified atom stereocenters. The van der Waals surface area contributed by atoms with E-state index in [-0.39, 0.29) is 16.6 Å². The van der Waals surface area contributed by atoms with Gasteiger partial charge in [0, 0.05) is 15.7 Å². The van der Waals surface area contributed by atoms with Crippen molar-refractivity contribution in [1.82, 2.24) is 5.48 Å². The van der Waals surface area contributed by atoms with Gasteiger partial charge in [0.05, 0.1) is 27.9 Å². The van der Waals surface area contributed by atoms with Crippen LogP contribution in [0.1, 0.15) is 36.2 Å². The molecule has 0 aliphatic heterocycles. The van der Waals surface area contributed by atoms with Crippen LogP contribution in [0, 0.1) is 16.3 Å². The molecule has 0 atom stereocenters. The lowest BCUT2D eigenvalue weighted by Crippen LogP contribution is -2.28. The number of rotatable bonds is 7. The second-order valence-corrected chi connectivity index (χ2v) is 8.84. The Bertz CT molecular complexity index is 840. The van der Waals surface area contributed by atoms with Crippen molar-refractivity contribution < 1.29 is 19.1 Å². The smallest absolute Gasteiger partial charge is 0.276 e. The van der Waals surface area contributed by atoms with Crippen LogP contribution in [0.5, 0.6) is 0 Å². The summed E-state index contributed by atoms with van der Waals surface area (Å²) in [4.78, 5) is 17.6. The lowest BCUT2D eigenvalue weighted by molar-refractivity contribution is -0.00569. The van der Waals surface area contributed by atoms with Crippen molar-refractivity contribution >= 4 is 55.8 Å². The number of nitrogens with one attached hydrogen (secondary N) is 2. The van der Waals surface area contributed by atoms with Crippen LogP contribution in [-0.2, 0) is 4.84 Å². The van der Waals surface area contributed by atoms with Crippen molar-refractivity contribution in [3.8, 4) is 0 Å². The van der Waals surface area contributed by atoms with Crippen LogP contribution in [0.4, 0.5) is 15.8 Å². The molecule has 0 saturated heterocycles. The number of carbonyl (C=O) groups is 1. The molecule has 2 aromatic carbocycles. The van der Waals surface area contributed by atoms with E-state index in [1.807, 2.05) is 25.1 Å². The van der Waals surface area contributed by atoms with E-state index in [4.69, 9.17) is 4.84 Å². The normalized spacial score (nSPS) is 11.4. The summed E-state index contributed by atoms with van der Waals surface area (Å²) in [5, 5.41) is 12.8. The molecule has 0 heterocycles. The van der Waals surface area contributed by atoms with Gasteiger partial charge < -0.3 is 10.4 Å². The number of hydroxylamine groups is 1. The molecular formula is C19H21BrFIN2O3. The minimum absolute atomic E-state index is 0.149. The first kappa shape index (κ1) is 22.1. The third-order valence-corrected chi connectivity index (χ3v) is 5.02. The number of anilines is 2. The van der Waals surface area contributed by atoms with Gasteiger partial charge in [-0.25, -0.2) is 9.87 Å². The average Bonchev–Trinajstić information content (AvgIpc) is 2.56. The molecule has 2 aromatic rings. The second kappa shape index (κ2) is 9.31. The minimum atomic E-state index is -0.890. The molecular weight excluding hydrogens is 530 g/mol. The maximum absolute atomic E-state index is 14.0. The zero-order valence-electron chi connectivity index (χ0n) is 15.2. The number of hydrogen-bond donors (Lipinski definition) is 3. The molecule has 0 saturated carbocycles. The molecule has 0 radical (unpaired) electrons. The Morgan fingerprint density at radius 2 is 2.00 bits per heavy atom. The monoisotopic (exact) mass is 550 g/mol. The SMILES string of the molecule is Cc1cc(I)ccc1Nc1cc(F)c(Br)cc1C(=O)NOCCC(C)(C)O. The summed E-state index contributed by atoms with van der Waals surface area (Å²) in [6.07, 6.45) is 0.355. The average molecular weight is 551 g/mol. The molecule has 2 rings (SSSR count). The fourth-order valence-corrected chi connectivity index (χ4v) is 3.21. The molecule has 5 nitrogen and oxygen atoms in total. The molecule has 0 bridgehead atoms. The van der Waals surface area contributed by atoms with Gasteiger partial charge in [-0.1, -0.05) is 0 Å². The Balaban J connectivity index is 2.20. The molecule has 146 valence electrons. The molecule has 0 spiro atoms. The van der Waals surface area contributed by atoms with E-state index in [1.165, 1.54) is 12.1 Å². The van der Waals surface area contributed by atoms with Crippen LogP contribution in [0.3, 0.4) is 0 Å². The van der Waals surface area contributed by atoms with Gasteiger partial charge in [0.15, 0.2) is 0 Å². The summed E-state index contributed by atoms with van der Waals surface area (Å²) in [6, 6.07) is 8.43. The van der Waals surface area contributed by atoms with Crippen molar-refractivity contribution in [1.29, 1.82) is 0 Å². The lowest BCUT2D eigenvalue weighted by Gasteiger charge is -2.17. The standard InChI is InChI=1S/C19H21BrFIN2O3/c1-11-8-12(22)4-5-16(11)23-17-10-15(21)14(20)9-13(17)18(25)24-27-7-6-19(2,3)26/h4-5,8-10,23,26H,6-7H2,1-3H3,(H,24,25). The quantitative estimate of drug-likeness (QED) is 0.256. The first-order valence-electron chi connectivity index (χ1n) is 8.23. The van der Waals surface area contributed by atoms with Gasteiger partial charge in [0.1, 0.15) is 5.82 Å². The van der Waals surface area contributed by atoms with Gasteiger partial charge in [0.2, 0.25) is 0 Å². The number of hydrogen-bond acceptors (Lipinski definition) is 4. The van der Waals surface area contributed by atoms with E-state index >= 15 is 0 Å². The molecule has 0 fully saturated rings. The van der Waals surface area contributed by atoms with Gasteiger partial charge >= 0.3 is 0 Å². The van der Waals surface area contributed by atoms with E-state index in [0.29, 0.717) is 12.1 Å². The van der Waals surface area contributed by atoms with Crippen LogP contribution >= 0.6 is 38.5 Å². The maximum Gasteiger partial charge on any atom is 0.276 e. The number of aliphatic hydroxyl groups is 1. The predicted molar refractivity (Wildman–Crippen MR) is 116 cm³/mol. The van der Waals surface area contributed by atoms with Crippen molar-refractivity contribution in [3.05, 3.63) is 55.3 Å². The zero-order chi connectivity index (χ0) is 20.2. The molecule has 8 heteroatoms. The van der Waals surface area contributed by atoms with Gasteiger partial charge in [-0.05, 0) is 95.2 Å². The van der Waals surface area contributed by atoms with Gasteiger partial charge in [0.25, 0.3) is 5.91 Å². The van der Waals surface area contributed by atoms with E-state index in [9.17, 15) is 14.3 Å². The first-order chi connectivity index (χ1) is 12.6. The third kappa shape index (κ3) is 6.70. The van der Waals surface area contributed by atoms with Gasteiger partial charge in [-0.2, -0.15) is 0 Å². The third-order valence-electron chi connectivity index (χ3n) is 3.74. The highest BCUT2D eigenvalue weighted by molar-refractivity contribution is 14.1. The number of amides is 1. The molecule has 0 aliphatic carbocycles. The lowest BCUT2D eigenvalue weighted by atomic mass is 10.1. The fraction of sp³-hybridized carbons (Fsp3) is 0.316. The Kier molecular flexibility index (Phi) is 7.61. The Labute approximate surface area is 179 Å². The van der Waals surface area contributed by atoms with Gasteiger partial charge in [-0.15, -0.1) is 0 Å². The predicted octanol–water partition coefficient (Wildman–Crippen LogP) is 5.07. The highest BCUT2D eigenvalue weighted by Crippen LogP contribution is 2.29. The van der Waals surface area contributed by atoms with Crippen LogP contribution in [0.15, 0.2) is 34.8 Å². The van der Waals surface area contributed by atoms with E-state index < -0.39 is 17.3 Å². The summed E-state index contributed by atoms with van der Waals surface area (Å²) in [6.45, 7) is 5.39. The van der Waals surface area contributed by atoms with E-state index in [1.54, 1.807) is 13.8 Å². The topological polar surface area (TPSA) is 70.6 Å². The highest BCUT2D eigenvalue weighted by Gasteiger charge is 2.17. The molecule has 27 heavy (non-hydrogen) atoms. The number of aryl methyl sites for hydroxylation is 1. The summed E-state index contributed by atoms with van der Waals surface area (Å²) < 4.78 is 15.3. The largest absolute Gasteiger partial charge is 0.390 e. The number of benzene rings is 2. The van der Waals surface area contributed by atoms with E-state index in [2.05, 4.69) is 49.3 Å². The maximum atomic E-state index is 14.0. The Morgan fingerprint density at radius 1 is 1.30 bits per heavy atom. The van der Waals surface area contributed by atoms with Crippen LogP contribution in [0.2, 0.25) is 0 Å². The van der Waals surface area contributed by atoms with Crippen molar-refractivity contribution in [2.24, 2.45) is 0 Å². The van der Waals surface area contributed by atoms with Crippen molar-refractivity contribution in [2.45, 2.75) is 32.8 Å². The fourth-order valence-electron chi connectivity index (χ4n) is 2.22. The summed E-state index contributed by atoms with van der Waals surface area (Å²) in [5.74, 6) is -1.00. The Morgan fingerprint density at radius 3 is 2.63 bits per heavy atom. The van der Waals surface area contributed by atoms with E-state index in [0.717, 1.165) is 14.8 Å². The van der Waals surface area contributed by atoms with Crippen molar-refractivity contribution in [2.75, 3.05) is 11.9 Å². The minimum Gasteiger partial charge on any atom is -0.390 e. The summed E-state index contributed by atoms with van der Waals surface area (Å²) >= 11 is 5.32. The van der Waals surface area contributed by atoms with Crippen LogP contribution in [0.25, 0.3) is 0 Å². The van der Waals surface area contributed by atoms with Crippen LogP contribution < -0.4 is 10.8 Å². The van der Waals surface area contributed by atoms with Crippen LogP contribution in [-0.4, -0.2) is 23.2 Å². The van der Waals surface area contributed by atoms with Crippen molar-refractivity contribution in [3.63, 3.8) is 0 Å².